The highest BCUT2D eigenvalue weighted by Crippen LogP contribution is 2.34. The quantitative estimate of drug-likeness (QED) is 0.911. The highest BCUT2D eigenvalue weighted by Gasteiger charge is 2.45. The van der Waals surface area contributed by atoms with Crippen LogP contribution in [-0.4, -0.2) is 42.5 Å². The molecule has 1 fully saturated rings. The molecule has 0 spiro atoms. The molecule has 2 aromatic rings. The summed E-state index contributed by atoms with van der Waals surface area (Å²) >= 11 is 0. The van der Waals surface area contributed by atoms with Crippen molar-refractivity contribution >= 4 is 22.8 Å². The van der Waals surface area contributed by atoms with E-state index >= 15 is 0 Å². The molecule has 24 heavy (non-hydrogen) atoms. The van der Waals surface area contributed by atoms with Crippen molar-refractivity contribution in [1.82, 2.24) is 4.90 Å². The van der Waals surface area contributed by atoms with Crippen LogP contribution in [0.1, 0.15) is 35.4 Å². The highest BCUT2D eigenvalue weighted by molar-refractivity contribution is 5.98. The number of benzene rings is 1. The van der Waals surface area contributed by atoms with Crippen molar-refractivity contribution in [3.05, 3.63) is 35.6 Å². The van der Waals surface area contributed by atoms with Crippen molar-refractivity contribution in [3.63, 3.8) is 0 Å². The third-order valence-electron chi connectivity index (χ3n) is 4.64. The summed E-state index contributed by atoms with van der Waals surface area (Å²) in [7, 11) is 1.57. The van der Waals surface area contributed by atoms with Crippen molar-refractivity contribution in [1.29, 1.82) is 0 Å². The first-order chi connectivity index (χ1) is 11.4. The van der Waals surface area contributed by atoms with Crippen LogP contribution in [0.4, 0.5) is 0 Å². The van der Waals surface area contributed by atoms with Crippen LogP contribution in [0, 0.1) is 6.92 Å². The molecule has 6 heteroatoms. The van der Waals surface area contributed by atoms with E-state index in [1.54, 1.807) is 24.1 Å². The minimum absolute atomic E-state index is 0.105. The van der Waals surface area contributed by atoms with Gasteiger partial charge in [0, 0.05) is 24.6 Å². The lowest BCUT2D eigenvalue weighted by atomic mass is 9.92. The number of primary amides is 1. The Labute approximate surface area is 140 Å². The van der Waals surface area contributed by atoms with Gasteiger partial charge in [0.15, 0.2) is 0 Å². The summed E-state index contributed by atoms with van der Waals surface area (Å²) in [5.74, 6) is 0.275. The van der Waals surface area contributed by atoms with Gasteiger partial charge in [-0.1, -0.05) is 0 Å². The molecule has 2 heterocycles. The largest absolute Gasteiger partial charge is 0.461 e. The van der Waals surface area contributed by atoms with E-state index in [0.717, 1.165) is 23.2 Å². The average molecular weight is 330 g/mol. The number of aryl methyl sites for hydroxylation is 1. The summed E-state index contributed by atoms with van der Waals surface area (Å²) in [6.07, 6.45) is 1.65. The first-order valence-electron chi connectivity index (χ1n) is 8.05. The molecule has 3 rings (SSSR count). The van der Waals surface area contributed by atoms with Crippen LogP contribution >= 0.6 is 0 Å². The number of hydrogen-bond donors (Lipinski definition) is 1. The maximum absolute atomic E-state index is 13.1. The van der Waals surface area contributed by atoms with E-state index in [0.29, 0.717) is 25.1 Å². The summed E-state index contributed by atoms with van der Waals surface area (Å²) in [5, 5.41) is 0.893. The molecular formula is C18H22N2O4. The standard InChI is InChI=1S/C18H22N2O4/c1-12-8-14-9-13(4-5-15(14)24-12)17(22)20-7-3-6-18(20,11-23-2)10-16(19)21/h4-5,8-9H,3,6-7,10-11H2,1-2H3,(H2,19,21)/t18-/m1/s1. The Balaban J connectivity index is 1.94. The molecule has 1 aromatic carbocycles. The lowest BCUT2D eigenvalue weighted by Crippen LogP contribution is -2.52. The average Bonchev–Trinajstić information content (AvgIpc) is 3.08. The number of nitrogens with two attached hydrogens (primary N) is 1. The molecule has 6 nitrogen and oxygen atoms in total. The molecule has 2 amide bonds. The predicted octanol–water partition coefficient (Wildman–Crippen LogP) is 2.24. The Morgan fingerprint density at radius 1 is 1.38 bits per heavy atom. The number of methoxy groups -OCH3 is 1. The Morgan fingerprint density at radius 3 is 2.88 bits per heavy atom. The molecule has 1 atom stereocenters. The van der Waals surface area contributed by atoms with Gasteiger partial charge in [0.2, 0.25) is 5.91 Å². The van der Waals surface area contributed by atoms with Crippen molar-refractivity contribution in [3.8, 4) is 0 Å². The number of likely N-dealkylation sites (tertiary alicyclic amines) is 1. The second-order valence-corrected chi connectivity index (χ2v) is 6.47. The Hall–Kier alpha value is -2.34. The number of carbonyl (C=O) groups excluding carboxylic acids is 2. The van der Waals surface area contributed by atoms with Gasteiger partial charge in [-0.3, -0.25) is 9.59 Å². The first-order valence-corrected chi connectivity index (χ1v) is 8.05. The van der Waals surface area contributed by atoms with Crippen LogP contribution in [0.25, 0.3) is 11.0 Å². The van der Waals surface area contributed by atoms with E-state index < -0.39 is 11.4 Å². The van der Waals surface area contributed by atoms with E-state index in [1.807, 2.05) is 19.1 Å². The Kier molecular flexibility index (Phi) is 4.32. The van der Waals surface area contributed by atoms with Crippen molar-refractivity contribution in [2.75, 3.05) is 20.3 Å². The molecule has 1 saturated heterocycles. The molecule has 0 radical (unpaired) electrons. The Morgan fingerprint density at radius 2 is 2.17 bits per heavy atom. The molecule has 128 valence electrons. The fraction of sp³-hybridized carbons (Fsp3) is 0.444. The van der Waals surface area contributed by atoms with Crippen molar-refractivity contribution < 1.29 is 18.7 Å². The van der Waals surface area contributed by atoms with E-state index in [9.17, 15) is 9.59 Å². The second kappa shape index (κ2) is 6.28. The van der Waals surface area contributed by atoms with E-state index in [4.69, 9.17) is 14.9 Å². The van der Waals surface area contributed by atoms with E-state index in [1.165, 1.54) is 0 Å². The van der Waals surface area contributed by atoms with E-state index in [2.05, 4.69) is 0 Å². The predicted molar refractivity (Wildman–Crippen MR) is 89.6 cm³/mol. The maximum Gasteiger partial charge on any atom is 0.254 e. The fourth-order valence-corrected chi connectivity index (χ4v) is 3.70. The monoisotopic (exact) mass is 330 g/mol. The van der Waals surface area contributed by atoms with Crippen molar-refractivity contribution in [2.45, 2.75) is 31.7 Å². The molecule has 1 aliphatic heterocycles. The minimum Gasteiger partial charge on any atom is -0.461 e. The fourth-order valence-electron chi connectivity index (χ4n) is 3.70. The molecule has 0 saturated carbocycles. The summed E-state index contributed by atoms with van der Waals surface area (Å²) in [5.41, 5.74) is 6.10. The van der Waals surface area contributed by atoms with Crippen LogP contribution in [0.3, 0.4) is 0 Å². The lowest BCUT2D eigenvalue weighted by molar-refractivity contribution is -0.121. The first kappa shape index (κ1) is 16.5. The maximum atomic E-state index is 13.1. The molecule has 0 unspecified atom stereocenters. The molecular weight excluding hydrogens is 308 g/mol. The van der Waals surface area contributed by atoms with Gasteiger partial charge in [0.1, 0.15) is 11.3 Å². The van der Waals surface area contributed by atoms with Gasteiger partial charge in [-0.05, 0) is 44.0 Å². The van der Waals surface area contributed by atoms with E-state index in [-0.39, 0.29) is 12.3 Å². The van der Waals surface area contributed by atoms with Gasteiger partial charge in [0.05, 0.1) is 18.6 Å². The third-order valence-corrected chi connectivity index (χ3v) is 4.64. The topological polar surface area (TPSA) is 85.8 Å². The van der Waals surface area contributed by atoms with Crippen LogP contribution in [-0.2, 0) is 9.53 Å². The highest BCUT2D eigenvalue weighted by atomic mass is 16.5. The second-order valence-electron chi connectivity index (χ2n) is 6.47. The number of hydrogen-bond acceptors (Lipinski definition) is 4. The van der Waals surface area contributed by atoms with Crippen LogP contribution in [0.2, 0.25) is 0 Å². The molecule has 0 bridgehead atoms. The third kappa shape index (κ3) is 2.89. The summed E-state index contributed by atoms with van der Waals surface area (Å²) in [6, 6.07) is 7.29. The normalized spacial score (nSPS) is 20.7. The zero-order chi connectivity index (χ0) is 17.3. The molecule has 2 N–H and O–H groups in total. The molecule has 1 aliphatic rings. The van der Waals surface area contributed by atoms with Gasteiger partial charge < -0.3 is 19.8 Å². The number of nitrogens with zero attached hydrogens (tertiary/aromatic N) is 1. The summed E-state index contributed by atoms with van der Waals surface area (Å²) in [6.45, 7) is 2.77. The molecule has 1 aromatic heterocycles. The van der Waals surface area contributed by atoms with Crippen molar-refractivity contribution in [2.24, 2.45) is 5.73 Å². The van der Waals surface area contributed by atoms with Gasteiger partial charge >= 0.3 is 0 Å². The SMILES string of the molecule is COC[C@]1(CC(N)=O)CCCN1C(=O)c1ccc2oc(C)cc2c1. The number of amides is 2. The van der Waals surface area contributed by atoms with Crippen LogP contribution in [0.15, 0.2) is 28.7 Å². The number of rotatable bonds is 5. The summed E-state index contributed by atoms with van der Waals surface area (Å²) < 4.78 is 10.9. The number of carbonyl (C=O) groups is 2. The van der Waals surface area contributed by atoms with Gasteiger partial charge in [-0.2, -0.15) is 0 Å². The Bertz CT molecular complexity index is 782. The number of furan rings is 1. The smallest absolute Gasteiger partial charge is 0.254 e. The zero-order valence-corrected chi connectivity index (χ0v) is 14.0. The molecule has 0 aliphatic carbocycles. The lowest BCUT2D eigenvalue weighted by Gasteiger charge is -2.37. The van der Waals surface area contributed by atoms with Gasteiger partial charge in [0.25, 0.3) is 5.91 Å². The van der Waals surface area contributed by atoms with Crippen LogP contribution < -0.4 is 5.73 Å². The number of fused-ring (bicyclic) bond motifs is 1. The van der Waals surface area contributed by atoms with Gasteiger partial charge in [-0.15, -0.1) is 0 Å². The minimum atomic E-state index is -0.654. The van der Waals surface area contributed by atoms with Gasteiger partial charge in [-0.25, -0.2) is 0 Å². The zero-order valence-electron chi connectivity index (χ0n) is 14.0. The summed E-state index contributed by atoms with van der Waals surface area (Å²) in [4.78, 5) is 26.3. The number of ether oxygens (including phenoxy) is 1. The van der Waals surface area contributed by atoms with Crippen LogP contribution in [0.5, 0.6) is 0 Å².